The third-order valence-corrected chi connectivity index (χ3v) is 3.75. The van der Waals surface area contributed by atoms with E-state index < -0.39 is 0 Å². The lowest BCUT2D eigenvalue weighted by Crippen LogP contribution is -2.27. The number of hydrogen-bond acceptors (Lipinski definition) is 3. The molecule has 1 aromatic heterocycles. The highest BCUT2D eigenvalue weighted by atomic mass is 35.5. The average Bonchev–Trinajstić information content (AvgIpc) is 2.43. The molecule has 2 aromatic rings. The van der Waals surface area contributed by atoms with E-state index in [0.29, 0.717) is 22.3 Å². The van der Waals surface area contributed by atoms with Crippen molar-refractivity contribution >= 4 is 46.4 Å². The molecule has 0 spiro atoms. The predicted molar refractivity (Wildman–Crippen MR) is 85.9 cm³/mol. The van der Waals surface area contributed by atoms with Crippen LogP contribution in [0.3, 0.4) is 0 Å². The summed E-state index contributed by atoms with van der Waals surface area (Å²) in [6, 6.07) is 6.62. The molecule has 0 atom stereocenters. The Kier molecular flexibility index (Phi) is 4.93. The van der Waals surface area contributed by atoms with Crippen LogP contribution < -0.4 is 5.73 Å². The molecule has 0 aliphatic rings. The smallest absolute Gasteiger partial charge is 0.257 e. The first-order valence-electron chi connectivity index (χ1n) is 5.99. The molecule has 0 bridgehead atoms. The fraction of sp³-hybridized carbons (Fsp3) is 0.143. The summed E-state index contributed by atoms with van der Waals surface area (Å²) in [5.41, 5.74) is 7.04. The molecule has 7 heteroatoms. The minimum atomic E-state index is -0.286. The lowest BCUT2D eigenvalue weighted by Gasteiger charge is -2.18. The zero-order chi connectivity index (χ0) is 15.6. The number of pyridine rings is 1. The van der Waals surface area contributed by atoms with Crippen LogP contribution in [0.1, 0.15) is 15.9 Å². The first-order chi connectivity index (χ1) is 9.88. The second-order valence-corrected chi connectivity index (χ2v) is 5.71. The lowest BCUT2D eigenvalue weighted by molar-refractivity contribution is 0.0785. The van der Waals surface area contributed by atoms with E-state index in [0.717, 1.165) is 5.56 Å². The van der Waals surface area contributed by atoms with Crippen LogP contribution in [0.2, 0.25) is 15.2 Å². The standard InChI is InChI=1S/C14H12Cl3N3O/c1-20(7-8-2-3-9(15)4-12(8)16)14(21)11-5-10(18)6-19-13(11)17/h2-6H,7,18H2,1H3. The molecule has 0 aliphatic carbocycles. The van der Waals surface area contributed by atoms with Crippen LogP contribution in [0.5, 0.6) is 0 Å². The van der Waals surface area contributed by atoms with E-state index in [1.54, 1.807) is 25.2 Å². The van der Waals surface area contributed by atoms with Gasteiger partial charge in [0.25, 0.3) is 5.91 Å². The molecule has 21 heavy (non-hydrogen) atoms. The maximum absolute atomic E-state index is 12.4. The van der Waals surface area contributed by atoms with Crippen LogP contribution in [-0.2, 0) is 6.54 Å². The Hall–Kier alpha value is -1.49. The number of nitrogen functional groups attached to an aromatic ring is 1. The van der Waals surface area contributed by atoms with E-state index in [-0.39, 0.29) is 16.6 Å². The molecule has 0 radical (unpaired) electrons. The van der Waals surface area contributed by atoms with Gasteiger partial charge >= 0.3 is 0 Å². The summed E-state index contributed by atoms with van der Waals surface area (Å²) in [7, 11) is 1.65. The maximum Gasteiger partial charge on any atom is 0.257 e. The normalized spacial score (nSPS) is 10.5. The number of amides is 1. The third-order valence-electron chi connectivity index (χ3n) is 2.86. The fourth-order valence-electron chi connectivity index (χ4n) is 1.80. The van der Waals surface area contributed by atoms with Gasteiger partial charge in [0.15, 0.2) is 0 Å². The van der Waals surface area contributed by atoms with E-state index in [9.17, 15) is 4.79 Å². The largest absolute Gasteiger partial charge is 0.397 e. The van der Waals surface area contributed by atoms with Crippen molar-refractivity contribution in [2.75, 3.05) is 12.8 Å². The fourth-order valence-corrected chi connectivity index (χ4v) is 2.45. The molecule has 2 N–H and O–H groups in total. The number of nitrogens with zero attached hydrogens (tertiary/aromatic N) is 2. The lowest BCUT2D eigenvalue weighted by atomic mass is 10.2. The highest BCUT2D eigenvalue weighted by Crippen LogP contribution is 2.23. The van der Waals surface area contributed by atoms with Gasteiger partial charge in [-0.15, -0.1) is 0 Å². The average molecular weight is 345 g/mol. The summed E-state index contributed by atoms with van der Waals surface area (Å²) in [6.45, 7) is 0.319. The van der Waals surface area contributed by atoms with E-state index in [1.165, 1.54) is 17.2 Å². The minimum Gasteiger partial charge on any atom is -0.397 e. The summed E-state index contributed by atoms with van der Waals surface area (Å²) in [5, 5.41) is 1.16. The molecule has 0 saturated heterocycles. The van der Waals surface area contributed by atoms with Crippen molar-refractivity contribution in [1.82, 2.24) is 9.88 Å². The number of carbonyl (C=O) groups excluding carboxylic acids is 1. The van der Waals surface area contributed by atoms with Crippen molar-refractivity contribution in [3.05, 3.63) is 56.8 Å². The number of halogens is 3. The summed E-state index contributed by atoms with van der Waals surface area (Å²) in [5.74, 6) is -0.286. The van der Waals surface area contributed by atoms with Crippen LogP contribution in [0.15, 0.2) is 30.5 Å². The van der Waals surface area contributed by atoms with E-state index in [1.807, 2.05) is 0 Å². The molecular formula is C14H12Cl3N3O. The molecule has 1 amide bonds. The van der Waals surface area contributed by atoms with Gasteiger partial charge in [0.1, 0.15) is 5.15 Å². The van der Waals surface area contributed by atoms with Gasteiger partial charge < -0.3 is 10.6 Å². The zero-order valence-corrected chi connectivity index (χ0v) is 13.4. The Labute approximate surface area is 137 Å². The van der Waals surface area contributed by atoms with Crippen LogP contribution in [-0.4, -0.2) is 22.8 Å². The van der Waals surface area contributed by atoms with E-state index >= 15 is 0 Å². The molecule has 110 valence electrons. The quantitative estimate of drug-likeness (QED) is 0.859. The minimum absolute atomic E-state index is 0.114. The van der Waals surface area contributed by atoms with Gasteiger partial charge in [0.2, 0.25) is 0 Å². The molecule has 0 fully saturated rings. The number of rotatable bonds is 3. The highest BCUT2D eigenvalue weighted by Gasteiger charge is 2.17. The van der Waals surface area contributed by atoms with Crippen molar-refractivity contribution in [3.8, 4) is 0 Å². The van der Waals surface area contributed by atoms with Gasteiger partial charge in [-0.05, 0) is 23.8 Å². The van der Waals surface area contributed by atoms with Crippen molar-refractivity contribution in [3.63, 3.8) is 0 Å². The van der Waals surface area contributed by atoms with Crippen molar-refractivity contribution in [1.29, 1.82) is 0 Å². The Morgan fingerprint density at radius 3 is 2.67 bits per heavy atom. The summed E-state index contributed by atoms with van der Waals surface area (Å²) in [6.07, 6.45) is 1.40. The van der Waals surface area contributed by atoms with Crippen LogP contribution in [0, 0.1) is 0 Å². The Bertz CT molecular complexity index is 691. The van der Waals surface area contributed by atoms with Gasteiger partial charge in [0.05, 0.1) is 17.4 Å². The monoisotopic (exact) mass is 343 g/mol. The van der Waals surface area contributed by atoms with Gasteiger partial charge in [0, 0.05) is 23.6 Å². The molecule has 4 nitrogen and oxygen atoms in total. The second kappa shape index (κ2) is 6.52. The number of anilines is 1. The van der Waals surface area contributed by atoms with E-state index in [2.05, 4.69) is 4.98 Å². The summed E-state index contributed by atoms with van der Waals surface area (Å²) in [4.78, 5) is 17.7. The van der Waals surface area contributed by atoms with Gasteiger partial charge in [-0.3, -0.25) is 4.79 Å². The SMILES string of the molecule is CN(Cc1ccc(Cl)cc1Cl)C(=O)c1cc(N)cnc1Cl. The van der Waals surface area contributed by atoms with E-state index in [4.69, 9.17) is 40.5 Å². The Balaban J connectivity index is 2.21. The van der Waals surface area contributed by atoms with Crippen molar-refractivity contribution in [2.24, 2.45) is 0 Å². The first-order valence-corrected chi connectivity index (χ1v) is 7.12. The number of aromatic nitrogens is 1. The van der Waals surface area contributed by atoms with Crippen molar-refractivity contribution in [2.45, 2.75) is 6.54 Å². The molecular weight excluding hydrogens is 333 g/mol. The highest BCUT2D eigenvalue weighted by molar-refractivity contribution is 6.35. The van der Waals surface area contributed by atoms with Crippen LogP contribution >= 0.6 is 34.8 Å². The number of nitrogens with two attached hydrogens (primary N) is 1. The maximum atomic E-state index is 12.4. The van der Waals surface area contributed by atoms with Crippen molar-refractivity contribution < 1.29 is 4.79 Å². The van der Waals surface area contributed by atoms with Gasteiger partial charge in [-0.25, -0.2) is 4.98 Å². The predicted octanol–water partition coefficient (Wildman–Crippen LogP) is 3.90. The number of hydrogen-bond donors (Lipinski definition) is 1. The number of benzene rings is 1. The van der Waals surface area contributed by atoms with Gasteiger partial charge in [-0.1, -0.05) is 40.9 Å². The number of carbonyl (C=O) groups is 1. The van der Waals surface area contributed by atoms with Gasteiger partial charge in [-0.2, -0.15) is 0 Å². The molecule has 1 aromatic carbocycles. The molecule has 1 heterocycles. The third kappa shape index (κ3) is 3.79. The first kappa shape index (κ1) is 15.9. The molecule has 2 rings (SSSR count). The topological polar surface area (TPSA) is 59.2 Å². The second-order valence-electron chi connectivity index (χ2n) is 4.50. The summed E-state index contributed by atoms with van der Waals surface area (Å²) >= 11 is 17.9. The Morgan fingerprint density at radius 2 is 2.00 bits per heavy atom. The van der Waals surface area contributed by atoms with Crippen LogP contribution in [0.25, 0.3) is 0 Å². The molecule has 0 saturated carbocycles. The Morgan fingerprint density at radius 1 is 1.29 bits per heavy atom. The zero-order valence-electron chi connectivity index (χ0n) is 11.1. The van der Waals surface area contributed by atoms with Crippen LogP contribution in [0.4, 0.5) is 5.69 Å². The molecule has 0 aliphatic heterocycles. The summed E-state index contributed by atoms with van der Waals surface area (Å²) < 4.78 is 0. The molecule has 0 unspecified atom stereocenters.